The fourth-order valence-electron chi connectivity index (χ4n) is 3.57. The largest absolute Gasteiger partial charge is 0.463 e. The Labute approximate surface area is 188 Å². The summed E-state index contributed by atoms with van der Waals surface area (Å²) in [7, 11) is 0. The molecule has 0 spiro atoms. The number of nitrogens with one attached hydrogen (secondary N) is 1. The Morgan fingerprint density at radius 2 is 2.00 bits per heavy atom. The first-order valence-corrected chi connectivity index (χ1v) is 11.2. The van der Waals surface area contributed by atoms with Gasteiger partial charge in [-0.15, -0.1) is 0 Å². The van der Waals surface area contributed by atoms with Crippen molar-refractivity contribution in [2.75, 3.05) is 51.3 Å². The summed E-state index contributed by atoms with van der Waals surface area (Å²) in [6.45, 7) is 8.44. The second-order valence-electron chi connectivity index (χ2n) is 7.79. The maximum atomic E-state index is 9.02. The van der Waals surface area contributed by atoms with E-state index in [-0.39, 0.29) is 0 Å². The maximum absolute atomic E-state index is 9.02. The summed E-state index contributed by atoms with van der Waals surface area (Å²) in [5.41, 5.74) is 3.16. The van der Waals surface area contributed by atoms with Gasteiger partial charge in [-0.1, -0.05) is 25.5 Å². The molecule has 0 aliphatic carbocycles. The highest BCUT2D eigenvalue weighted by atomic mass is 16.5. The summed E-state index contributed by atoms with van der Waals surface area (Å²) in [5.74, 6) is 0.688. The van der Waals surface area contributed by atoms with Gasteiger partial charge in [0, 0.05) is 26.2 Å². The van der Waals surface area contributed by atoms with E-state index < -0.39 is 0 Å². The molecular weight excluding hydrogens is 406 g/mol. The Kier molecular flexibility index (Phi) is 7.48. The second kappa shape index (κ2) is 10.9. The SMILES string of the molecule is CCCCOc1nc(NCCN2CCOCC2)c2ncn(Cc3ccc(C#N)cc3)c2n1. The zero-order chi connectivity index (χ0) is 22.2. The van der Waals surface area contributed by atoms with E-state index in [4.69, 9.17) is 14.7 Å². The zero-order valence-corrected chi connectivity index (χ0v) is 18.5. The van der Waals surface area contributed by atoms with Gasteiger partial charge < -0.3 is 19.4 Å². The third-order valence-electron chi connectivity index (χ3n) is 5.43. The number of hydrogen-bond donors (Lipinski definition) is 1. The molecule has 3 heterocycles. The van der Waals surface area contributed by atoms with E-state index >= 15 is 0 Å². The third kappa shape index (κ3) is 5.52. The van der Waals surface area contributed by atoms with Gasteiger partial charge in [-0.25, -0.2) is 4.98 Å². The Hall–Kier alpha value is -3.22. The number of unbranched alkanes of at least 4 members (excludes halogenated alkanes) is 1. The van der Waals surface area contributed by atoms with Crippen LogP contribution in [-0.4, -0.2) is 70.4 Å². The Balaban J connectivity index is 1.54. The van der Waals surface area contributed by atoms with Crippen molar-refractivity contribution < 1.29 is 9.47 Å². The molecular formula is C23H29N7O2. The van der Waals surface area contributed by atoms with E-state index in [1.54, 1.807) is 6.33 Å². The first-order chi connectivity index (χ1) is 15.8. The summed E-state index contributed by atoms with van der Waals surface area (Å²) in [6, 6.07) is 10.1. The topological polar surface area (TPSA) is 101 Å². The quantitative estimate of drug-likeness (QED) is 0.485. The summed E-state index contributed by atoms with van der Waals surface area (Å²) in [5, 5.41) is 12.5. The number of aromatic nitrogens is 4. The number of nitriles is 1. The van der Waals surface area contributed by atoms with Crippen molar-refractivity contribution >= 4 is 17.0 Å². The lowest BCUT2D eigenvalue weighted by atomic mass is 10.1. The second-order valence-corrected chi connectivity index (χ2v) is 7.79. The van der Waals surface area contributed by atoms with Crippen LogP contribution < -0.4 is 10.1 Å². The van der Waals surface area contributed by atoms with E-state index in [1.807, 2.05) is 28.8 Å². The number of nitrogens with zero attached hydrogens (tertiary/aromatic N) is 6. The molecule has 9 nitrogen and oxygen atoms in total. The number of anilines is 1. The molecule has 1 aliphatic rings. The average Bonchev–Trinajstić information content (AvgIpc) is 3.23. The molecule has 1 fully saturated rings. The molecule has 4 rings (SSSR count). The normalized spacial score (nSPS) is 14.4. The molecule has 0 saturated carbocycles. The van der Waals surface area contributed by atoms with Crippen LogP contribution in [0, 0.1) is 11.3 Å². The number of imidazole rings is 1. The predicted octanol–water partition coefficient (Wildman–Crippen LogP) is 2.67. The number of hydrogen-bond acceptors (Lipinski definition) is 8. The number of benzene rings is 1. The molecule has 1 saturated heterocycles. The van der Waals surface area contributed by atoms with Gasteiger partial charge in [-0.3, -0.25) is 4.90 Å². The lowest BCUT2D eigenvalue weighted by molar-refractivity contribution is 0.0398. The van der Waals surface area contributed by atoms with E-state index in [0.717, 1.165) is 69.0 Å². The maximum Gasteiger partial charge on any atom is 0.320 e. The molecule has 0 atom stereocenters. The van der Waals surface area contributed by atoms with Crippen LogP contribution in [0.3, 0.4) is 0 Å². The number of fused-ring (bicyclic) bond motifs is 1. The van der Waals surface area contributed by atoms with Crippen LogP contribution in [0.2, 0.25) is 0 Å². The van der Waals surface area contributed by atoms with Crippen LogP contribution in [0.4, 0.5) is 5.82 Å². The summed E-state index contributed by atoms with van der Waals surface area (Å²) in [6.07, 6.45) is 3.77. The summed E-state index contributed by atoms with van der Waals surface area (Å²) >= 11 is 0. The fraction of sp³-hybridized carbons (Fsp3) is 0.478. The first-order valence-electron chi connectivity index (χ1n) is 11.2. The molecule has 0 unspecified atom stereocenters. The molecule has 1 N–H and O–H groups in total. The van der Waals surface area contributed by atoms with Crippen molar-refractivity contribution in [2.45, 2.75) is 26.3 Å². The molecule has 168 valence electrons. The van der Waals surface area contributed by atoms with E-state index in [9.17, 15) is 0 Å². The molecule has 1 aliphatic heterocycles. The van der Waals surface area contributed by atoms with E-state index in [1.165, 1.54) is 0 Å². The van der Waals surface area contributed by atoms with Crippen molar-refractivity contribution in [2.24, 2.45) is 0 Å². The van der Waals surface area contributed by atoms with Gasteiger partial charge in [-0.2, -0.15) is 15.2 Å². The number of rotatable bonds is 10. The van der Waals surface area contributed by atoms with Crippen LogP contribution in [0.25, 0.3) is 11.2 Å². The van der Waals surface area contributed by atoms with Gasteiger partial charge >= 0.3 is 6.01 Å². The van der Waals surface area contributed by atoms with Crippen LogP contribution in [-0.2, 0) is 11.3 Å². The highest BCUT2D eigenvalue weighted by Crippen LogP contribution is 2.23. The Bertz CT molecular complexity index is 1050. The monoisotopic (exact) mass is 435 g/mol. The predicted molar refractivity (Wildman–Crippen MR) is 122 cm³/mol. The molecule has 0 bridgehead atoms. The Morgan fingerprint density at radius 1 is 1.19 bits per heavy atom. The fourth-order valence-corrected chi connectivity index (χ4v) is 3.57. The van der Waals surface area contributed by atoms with Crippen LogP contribution in [0.5, 0.6) is 6.01 Å². The molecule has 0 amide bonds. The molecule has 3 aromatic rings. The lowest BCUT2D eigenvalue weighted by Gasteiger charge is -2.26. The third-order valence-corrected chi connectivity index (χ3v) is 5.43. The first kappa shape index (κ1) is 22.0. The minimum Gasteiger partial charge on any atom is -0.463 e. The van der Waals surface area contributed by atoms with Crippen molar-refractivity contribution in [1.82, 2.24) is 24.4 Å². The smallest absolute Gasteiger partial charge is 0.320 e. The standard InChI is InChI=1S/C23H29N7O2/c1-2-3-12-32-23-27-21(25-8-9-29-10-13-31-14-11-29)20-22(28-23)30(17-26-20)16-19-6-4-18(15-24)5-7-19/h4-7,17H,2-3,8-14,16H2,1H3,(H,25,27,28). The van der Waals surface area contributed by atoms with Crippen molar-refractivity contribution in [3.05, 3.63) is 41.7 Å². The number of ether oxygens (including phenoxy) is 2. The van der Waals surface area contributed by atoms with Gasteiger partial charge in [0.25, 0.3) is 0 Å². The van der Waals surface area contributed by atoms with Gasteiger partial charge in [0.05, 0.1) is 44.3 Å². The molecule has 9 heteroatoms. The van der Waals surface area contributed by atoms with Crippen LogP contribution >= 0.6 is 0 Å². The van der Waals surface area contributed by atoms with Crippen molar-refractivity contribution in [3.63, 3.8) is 0 Å². The van der Waals surface area contributed by atoms with Crippen LogP contribution in [0.15, 0.2) is 30.6 Å². The van der Waals surface area contributed by atoms with Gasteiger partial charge in [0.1, 0.15) is 0 Å². The van der Waals surface area contributed by atoms with Crippen molar-refractivity contribution in [3.8, 4) is 12.1 Å². The molecule has 1 aromatic carbocycles. The van der Waals surface area contributed by atoms with E-state index in [0.29, 0.717) is 30.5 Å². The lowest BCUT2D eigenvalue weighted by Crippen LogP contribution is -2.39. The van der Waals surface area contributed by atoms with Gasteiger partial charge in [0.15, 0.2) is 17.0 Å². The highest BCUT2D eigenvalue weighted by Gasteiger charge is 2.16. The minimum absolute atomic E-state index is 0.362. The van der Waals surface area contributed by atoms with Gasteiger partial charge in [0.2, 0.25) is 0 Å². The van der Waals surface area contributed by atoms with Gasteiger partial charge in [-0.05, 0) is 24.1 Å². The Morgan fingerprint density at radius 3 is 2.75 bits per heavy atom. The average molecular weight is 436 g/mol. The zero-order valence-electron chi connectivity index (χ0n) is 18.5. The van der Waals surface area contributed by atoms with Crippen LogP contribution in [0.1, 0.15) is 30.9 Å². The molecule has 0 radical (unpaired) electrons. The van der Waals surface area contributed by atoms with Crippen molar-refractivity contribution in [1.29, 1.82) is 5.26 Å². The molecule has 32 heavy (non-hydrogen) atoms. The summed E-state index contributed by atoms with van der Waals surface area (Å²) in [4.78, 5) is 16.2. The molecule has 2 aromatic heterocycles. The number of morpholine rings is 1. The highest BCUT2D eigenvalue weighted by molar-refractivity contribution is 5.83. The van der Waals surface area contributed by atoms with E-state index in [2.05, 4.69) is 38.2 Å². The summed E-state index contributed by atoms with van der Waals surface area (Å²) < 4.78 is 13.2. The minimum atomic E-state index is 0.362.